The zero-order valence-corrected chi connectivity index (χ0v) is 10.6. The molecule has 0 aromatic carbocycles. The van der Waals surface area contributed by atoms with Crippen molar-refractivity contribution < 1.29 is 14.6 Å². The fourth-order valence-electron chi connectivity index (χ4n) is 2.07. The molecule has 0 saturated carbocycles. The van der Waals surface area contributed by atoms with Gasteiger partial charge in [0.15, 0.2) is 6.10 Å². The molecule has 0 aromatic rings. The second kappa shape index (κ2) is 5.00. The molecule has 1 heterocycles. The highest BCUT2D eigenvalue weighted by Crippen LogP contribution is 2.29. The van der Waals surface area contributed by atoms with Gasteiger partial charge in [-0.2, -0.15) is 0 Å². The van der Waals surface area contributed by atoms with Crippen LogP contribution in [-0.4, -0.2) is 22.8 Å². The van der Waals surface area contributed by atoms with Crippen LogP contribution in [0.3, 0.4) is 0 Å². The monoisotopic (exact) mass is 226 g/mol. The van der Waals surface area contributed by atoms with Gasteiger partial charge in [-0.3, -0.25) is 0 Å². The van der Waals surface area contributed by atoms with Crippen LogP contribution in [0.25, 0.3) is 0 Å². The number of rotatable bonds is 4. The molecule has 0 amide bonds. The first kappa shape index (κ1) is 13.2. The number of hydrogen-bond donors (Lipinski definition) is 1. The Hall–Kier alpha value is -0.830. The topological polar surface area (TPSA) is 46.5 Å². The van der Waals surface area contributed by atoms with Crippen LogP contribution in [-0.2, 0) is 9.53 Å². The van der Waals surface area contributed by atoms with Gasteiger partial charge in [0, 0.05) is 6.42 Å². The molecule has 0 spiro atoms. The standard InChI is InChI=1S/C13H22O3/c1-5-10(9(2)3)6-7-13(4)8-11(14)12(15)16-13/h6-7,9-11,14H,5,8H2,1-4H3. The van der Waals surface area contributed by atoms with Crippen molar-refractivity contribution in [1.82, 2.24) is 0 Å². The maximum Gasteiger partial charge on any atom is 0.335 e. The van der Waals surface area contributed by atoms with Crippen molar-refractivity contribution in [2.24, 2.45) is 11.8 Å². The van der Waals surface area contributed by atoms with E-state index in [2.05, 4.69) is 26.8 Å². The van der Waals surface area contributed by atoms with E-state index in [9.17, 15) is 9.90 Å². The smallest absolute Gasteiger partial charge is 0.335 e. The molecule has 3 unspecified atom stereocenters. The average molecular weight is 226 g/mol. The lowest BCUT2D eigenvalue weighted by Crippen LogP contribution is -2.21. The number of cyclic esters (lactones) is 1. The van der Waals surface area contributed by atoms with Crippen molar-refractivity contribution in [2.45, 2.75) is 52.2 Å². The highest BCUT2D eigenvalue weighted by atomic mass is 16.6. The Kier molecular flexibility index (Phi) is 4.14. The molecule has 1 rings (SSSR count). The van der Waals surface area contributed by atoms with Crippen molar-refractivity contribution in [3.8, 4) is 0 Å². The number of carbonyl (C=O) groups is 1. The summed E-state index contributed by atoms with van der Waals surface area (Å²) in [5.74, 6) is 0.560. The molecule has 0 radical (unpaired) electrons. The van der Waals surface area contributed by atoms with Gasteiger partial charge in [0.05, 0.1) is 0 Å². The summed E-state index contributed by atoms with van der Waals surface area (Å²) in [5, 5.41) is 9.36. The minimum absolute atomic E-state index is 0.358. The summed E-state index contributed by atoms with van der Waals surface area (Å²) in [6, 6.07) is 0. The van der Waals surface area contributed by atoms with Crippen molar-refractivity contribution in [1.29, 1.82) is 0 Å². The molecule has 3 nitrogen and oxygen atoms in total. The van der Waals surface area contributed by atoms with Gasteiger partial charge in [0.25, 0.3) is 0 Å². The summed E-state index contributed by atoms with van der Waals surface area (Å²) in [7, 11) is 0. The maximum atomic E-state index is 11.1. The van der Waals surface area contributed by atoms with Crippen LogP contribution in [0.1, 0.15) is 40.5 Å². The number of ether oxygens (including phenoxy) is 1. The number of hydrogen-bond acceptors (Lipinski definition) is 3. The van der Waals surface area contributed by atoms with Crippen LogP contribution in [0.5, 0.6) is 0 Å². The first-order valence-electron chi connectivity index (χ1n) is 5.98. The van der Waals surface area contributed by atoms with Crippen molar-refractivity contribution in [2.75, 3.05) is 0 Å². The van der Waals surface area contributed by atoms with Crippen LogP contribution in [0.15, 0.2) is 12.2 Å². The Morgan fingerprint density at radius 2 is 2.25 bits per heavy atom. The lowest BCUT2D eigenvalue weighted by molar-refractivity contribution is -0.149. The van der Waals surface area contributed by atoms with Crippen LogP contribution in [0.2, 0.25) is 0 Å². The molecule has 3 atom stereocenters. The number of esters is 1. The predicted molar refractivity (Wildman–Crippen MR) is 62.9 cm³/mol. The lowest BCUT2D eigenvalue weighted by atomic mass is 9.90. The van der Waals surface area contributed by atoms with Crippen LogP contribution in [0, 0.1) is 11.8 Å². The van der Waals surface area contributed by atoms with Gasteiger partial charge in [-0.15, -0.1) is 0 Å². The Balaban J connectivity index is 2.66. The maximum absolute atomic E-state index is 11.1. The number of aliphatic hydroxyl groups is 1. The van der Waals surface area contributed by atoms with Crippen molar-refractivity contribution in [3.63, 3.8) is 0 Å². The summed E-state index contributed by atoms with van der Waals surface area (Å²) in [5.41, 5.74) is -0.626. The van der Waals surface area contributed by atoms with Crippen molar-refractivity contribution in [3.05, 3.63) is 12.2 Å². The van der Waals surface area contributed by atoms with E-state index in [-0.39, 0.29) is 0 Å². The molecule has 1 saturated heterocycles. The third-order valence-corrected chi connectivity index (χ3v) is 3.23. The zero-order chi connectivity index (χ0) is 12.3. The highest BCUT2D eigenvalue weighted by Gasteiger charge is 2.40. The quantitative estimate of drug-likeness (QED) is 0.591. The SMILES string of the molecule is CCC(C=CC1(C)CC(O)C(=O)O1)C(C)C. The summed E-state index contributed by atoms with van der Waals surface area (Å²) in [6.07, 6.45) is 4.50. The third kappa shape index (κ3) is 3.08. The van der Waals surface area contributed by atoms with E-state index in [4.69, 9.17) is 4.74 Å². The molecule has 0 bridgehead atoms. The first-order valence-corrected chi connectivity index (χ1v) is 5.98. The molecular weight excluding hydrogens is 204 g/mol. The normalized spacial score (nSPS) is 32.4. The summed E-state index contributed by atoms with van der Waals surface area (Å²) in [6.45, 7) is 8.34. The van der Waals surface area contributed by atoms with E-state index in [1.807, 2.05) is 13.0 Å². The largest absolute Gasteiger partial charge is 0.453 e. The molecule has 1 fully saturated rings. The lowest BCUT2D eigenvalue weighted by Gasteiger charge is -2.20. The third-order valence-electron chi connectivity index (χ3n) is 3.23. The molecule has 1 aliphatic rings. The van der Waals surface area contributed by atoms with Crippen LogP contribution >= 0.6 is 0 Å². The average Bonchev–Trinajstić information content (AvgIpc) is 2.41. The predicted octanol–water partition coefficient (Wildman–Crippen LogP) is 2.29. The minimum Gasteiger partial charge on any atom is -0.453 e. The highest BCUT2D eigenvalue weighted by molar-refractivity contribution is 5.77. The number of carbonyl (C=O) groups excluding carboxylic acids is 1. The molecule has 0 aromatic heterocycles. The van der Waals surface area contributed by atoms with E-state index < -0.39 is 17.7 Å². The summed E-state index contributed by atoms with van der Waals surface area (Å²) >= 11 is 0. The summed E-state index contributed by atoms with van der Waals surface area (Å²) in [4.78, 5) is 11.1. The molecule has 92 valence electrons. The van der Waals surface area contributed by atoms with Crippen LogP contribution < -0.4 is 0 Å². The zero-order valence-electron chi connectivity index (χ0n) is 10.6. The van der Waals surface area contributed by atoms with E-state index >= 15 is 0 Å². The van der Waals surface area contributed by atoms with Gasteiger partial charge in [0.2, 0.25) is 0 Å². The van der Waals surface area contributed by atoms with E-state index in [0.717, 1.165) is 6.42 Å². The molecular formula is C13H22O3. The van der Waals surface area contributed by atoms with E-state index in [1.165, 1.54) is 0 Å². The minimum atomic E-state index is -0.964. The van der Waals surface area contributed by atoms with Gasteiger partial charge in [-0.25, -0.2) is 4.79 Å². The fraction of sp³-hybridized carbons (Fsp3) is 0.769. The van der Waals surface area contributed by atoms with E-state index in [1.54, 1.807) is 0 Å². The second-order valence-electron chi connectivity index (χ2n) is 5.13. The Labute approximate surface area is 97.5 Å². The first-order chi connectivity index (χ1) is 7.38. The molecule has 0 aliphatic carbocycles. The van der Waals surface area contributed by atoms with Crippen LogP contribution in [0.4, 0.5) is 0 Å². The van der Waals surface area contributed by atoms with E-state index in [0.29, 0.717) is 18.3 Å². The van der Waals surface area contributed by atoms with Crippen molar-refractivity contribution >= 4 is 5.97 Å². The van der Waals surface area contributed by atoms with Gasteiger partial charge in [-0.05, 0) is 31.3 Å². The molecule has 3 heteroatoms. The summed E-state index contributed by atoms with van der Waals surface area (Å²) < 4.78 is 5.16. The van der Waals surface area contributed by atoms with Gasteiger partial charge in [0.1, 0.15) is 5.60 Å². The van der Waals surface area contributed by atoms with Gasteiger partial charge >= 0.3 is 5.97 Å². The molecule has 1 N–H and O–H groups in total. The van der Waals surface area contributed by atoms with Gasteiger partial charge in [-0.1, -0.05) is 26.8 Å². The Bertz CT molecular complexity index is 283. The second-order valence-corrected chi connectivity index (χ2v) is 5.13. The Morgan fingerprint density at radius 1 is 1.62 bits per heavy atom. The number of allylic oxidation sites excluding steroid dienone is 1. The van der Waals surface area contributed by atoms with Gasteiger partial charge < -0.3 is 9.84 Å². The molecule has 1 aliphatic heterocycles. The molecule has 16 heavy (non-hydrogen) atoms. The number of aliphatic hydroxyl groups excluding tert-OH is 1. The Morgan fingerprint density at radius 3 is 2.62 bits per heavy atom. The fourth-order valence-corrected chi connectivity index (χ4v) is 2.07.